The fourth-order valence-corrected chi connectivity index (χ4v) is 1.53. The standard InChI is InChI=1S/C6H9NS.ClH/c1-3-7-5-8-4-6(7)2;/h3-4H,1,5H2,2H3;1H. The second kappa shape index (κ2) is 3.85. The smallest absolute Gasteiger partial charge is 0.0720 e. The van der Waals surface area contributed by atoms with Crippen LogP contribution >= 0.6 is 24.2 Å². The van der Waals surface area contributed by atoms with E-state index in [0.29, 0.717) is 0 Å². The van der Waals surface area contributed by atoms with E-state index in [1.54, 1.807) is 0 Å². The molecule has 0 saturated heterocycles. The number of halogens is 1. The number of hydrogen-bond donors (Lipinski definition) is 0. The second-order valence-corrected chi connectivity index (χ2v) is 2.53. The second-order valence-electron chi connectivity index (χ2n) is 1.71. The summed E-state index contributed by atoms with van der Waals surface area (Å²) in [4.78, 5) is 2.12. The van der Waals surface area contributed by atoms with Crippen molar-refractivity contribution in [2.24, 2.45) is 0 Å². The Morgan fingerprint density at radius 3 is 2.78 bits per heavy atom. The van der Waals surface area contributed by atoms with Gasteiger partial charge in [-0.25, -0.2) is 0 Å². The van der Waals surface area contributed by atoms with Crippen molar-refractivity contribution in [3.8, 4) is 0 Å². The van der Waals surface area contributed by atoms with Crippen molar-refractivity contribution in [3.05, 3.63) is 23.9 Å². The van der Waals surface area contributed by atoms with Gasteiger partial charge in [-0.3, -0.25) is 0 Å². The highest BCUT2D eigenvalue weighted by molar-refractivity contribution is 8.02. The maximum Gasteiger partial charge on any atom is 0.0720 e. The van der Waals surface area contributed by atoms with Gasteiger partial charge in [0.25, 0.3) is 0 Å². The zero-order valence-electron chi connectivity index (χ0n) is 5.33. The first-order valence-electron chi connectivity index (χ1n) is 2.52. The third-order valence-corrected chi connectivity index (χ3v) is 2.08. The number of nitrogens with zero attached hydrogens (tertiary/aromatic N) is 1. The lowest BCUT2D eigenvalue weighted by Crippen LogP contribution is -2.07. The summed E-state index contributed by atoms with van der Waals surface area (Å²) in [6.07, 6.45) is 1.85. The van der Waals surface area contributed by atoms with Crippen LogP contribution in [-0.2, 0) is 0 Å². The normalized spacial score (nSPS) is 16.6. The average molecular weight is 164 g/mol. The SMILES string of the molecule is C=CN1CSC=C1C.Cl. The topological polar surface area (TPSA) is 3.24 Å². The number of rotatable bonds is 1. The molecule has 0 aromatic rings. The molecule has 0 N–H and O–H groups in total. The molecule has 0 aliphatic carbocycles. The molecule has 1 nitrogen and oxygen atoms in total. The van der Waals surface area contributed by atoms with Crippen LogP contribution in [0.25, 0.3) is 0 Å². The van der Waals surface area contributed by atoms with Crippen LogP contribution in [0, 0.1) is 0 Å². The van der Waals surface area contributed by atoms with Gasteiger partial charge < -0.3 is 4.90 Å². The van der Waals surface area contributed by atoms with Crippen molar-refractivity contribution in [1.82, 2.24) is 4.90 Å². The summed E-state index contributed by atoms with van der Waals surface area (Å²) in [5, 5.41) is 2.14. The molecule has 0 spiro atoms. The van der Waals surface area contributed by atoms with Gasteiger partial charge in [0.15, 0.2) is 0 Å². The van der Waals surface area contributed by atoms with Gasteiger partial charge in [0.05, 0.1) is 5.88 Å². The molecule has 9 heavy (non-hydrogen) atoms. The Hall–Kier alpha value is -0.0800. The first-order chi connectivity index (χ1) is 3.84. The Bertz CT molecular complexity index is 133. The van der Waals surface area contributed by atoms with Crippen LogP contribution in [0.4, 0.5) is 0 Å². The molecule has 0 fully saturated rings. The first kappa shape index (κ1) is 8.92. The van der Waals surface area contributed by atoms with E-state index in [1.165, 1.54) is 5.70 Å². The zero-order valence-corrected chi connectivity index (χ0v) is 6.97. The molecule has 0 atom stereocenters. The molecule has 1 heterocycles. The number of allylic oxidation sites excluding steroid dienone is 1. The van der Waals surface area contributed by atoms with E-state index in [9.17, 15) is 0 Å². The molecule has 1 rings (SSSR count). The summed E-state index contributed by atoms with van der Waals surface area (Å²) in [7, 11) is 0. The van der Waals surface area contributed by atoms with Gasteiger partial charge in [0.1, 0.15) is 0 Å². The molecule has 3 heteroatoms. The summed E-state index contributed by atoms with van der Waals surface area (Å²) >= 11 is 1.81. The largest absolute Gasteiger partial charge is 0.342 e. The minimum atomic E-state index is 0. The van der Waals surface area contributed by atoms with Crippen molar-refractivity contribution in [1.29, 1.82) is 0 Å². The van der Waals surface area contributed by atoms with Crippen LogP contribution in [0.2, 0.25) is 0 Å². The maximum atomic E-state index is 3.66. The Morgan fingerprint density at radius 1 is 1.89 bits per heavy atom. The maximum absolute atomic E-state index is 3.66. The van der Waals surface area contributed by atoms with Crippen molar-refractivity contribution in [2.45, 2.75) is 6.92 Å². The van der Waals surface area contributed by atoms with Crippen molar-refractivity contribution in [2.75, 3.05) is 5.88 Å². The van der Waals surface area contributed by atoms with Gasteiger partial charge in [-0.05, 0) is 18.5 Å². The monoisotopic (exact) mass is 163 g/mol. The molecular formula is C6H10ClNS. The molecule has 52 valence electrons. The lowest BCUT2D eigenvalue weighted by atomic mass is 10.5. The Kier molecular flexibility index (Phi) is 3.82. The van der Waals surface area contributed by atoms with Gasteiger partial charge in [0.2, 0.25) is 0 Å². The molecule has 0 amide bonds. The van der Waals surface area contributed by atoms with Crippen LogP contribution in [0.15, 0.2) is 23.9 Å². The highest BCUT2D eigenvalue weighted by Gasteiger charge is 2.05. The minimum Gasteiger partial charge on any atom is -0.342 e. The molecule has 0 unspecified atom stereocenters. The molecular weight excluding hydrogens is 154 g/mol. The number of thioether (sulfide) groups is 1. The van der Waals surface area contributed by atoms with E-state index in [4.69, 9.17) is 0 Å². The average Bonchev–Trinajstić information content (AvgIpc) is 2.14. The van der Waals surface area contributed by atoms with E-state index in [-0.39, 0.29) is 12.4 Å². The number of hydrogen-bond acceptors (Lipinski definition) is 2. The molecule has 0 saturated carbocycles. The third-order valence-electron chi connectivity index (χ3n) is 1.14. The summed E-state index contributed by atoms with van der Waals surface area (Å²) < 4.78 is 0. The molecule has 0 radical (unpaired) electrons. The fourth-order valence-electron chi connectivity index (χ4n) is 0.604. The molecule has 1 aliphatic rings. The van der Waals surface area contributed by atoms with Crippen LogP contribution in [-0.4, -0.2) is 10.8 Å². The van der Waals surface area contributed by atoms with Gasteiger partial charge in [-0.15, -0.1) is 24.2 Å². The lowest BCUT2D eigenvalue weighted by Gasteiger charge is -2.10. The van der Waals surface area contributed by atoms with E-state index in [1.807, 2.05) is 18.0 Å². The first-order valence-corrected chi connectivity index (χ1v) is 3.57. The van der Waals surface area contributed by atoms with Gasteiger partial charge >= 0.3 is 0 Å². The summed E-state index contributed by atoms with van der Waals surface area (Å²) in [5.74, 6) is 1.04. The summed E-state index contributed by atoms with van der Waals surface area (Å²) in [6.45, 7) is 5.75. The quantitative estimate of drug-likeness (QED) is 0.584. The van der Waals surface area contributed by atoms with E-state index >= 15 is 0 Å². The van der Waals surface area contributed by atoms with Gasteiger partial charge in [-0.2, -0.15) is 0 Å². The molecule has 0 aromatic carbocycles. The molecule has 1 aliphatic heterocycles. The highest BCUT2D eigenvalue weighted by atomic mass is 35.5. The Morgan fingerprint density at radius 2 is 2.56 bits per heavy atom. The lowest BCUT2D eigenvalue weighted by molar-refractivity contribution is 0.563. The molecule has 0 aromatic heterocycles. The Balaban J connectivity index is 0.000000640. The van der Waals surface area contributed by atoms with E-state index < -0.39 is 0 Å². The van der Waals surface area contributed by atoms with Crippen molar-refractivity contribution in [3.63, 3.8) is 0 Å². The summed E-state index contributed by atoms with van der Waals surface area (Å²) in [5.41, 5.74) is 1.30. The fraction of sp³-hybridized carbons (Fsp3) is 0.333. The van der Waals surface area contributed by atoms with Gasteiger partial charge in [-0.1, -0.05) is 6.58 Å². The predicted molar refractivity (Wildman–Crippen MR) is 45.5 cm³/mol. The summed E-state index contributed by atoms with van der Waals surface area (Å²) in [6, 6.07) is 0. The van der Waals surface area contributed by atoms with E-state index in [2.05, 4.69) is 23.8 Å². The van der Waals surface area contributed by atoms with E-state index in [0.717, 1.165) is 5.88 Å². The van der Waals surface area contributed by atoms with Crippen LogP contribution in [0.5, 0.6) is 0 Å². The Labute approximate surface area is 66.2 Å². The minimum absolute atomic E-state index is 0. The van der Waals surface area contributed by atoms with Crippen molar-refractivity contribution >= 4 is 24.2 Å². The van der Waals surface area contributed by atoms with Crippen LogP contribution < -0.4 is 0 Å². The third kappa shape index (κ3) is 1.95. The molecule has 0 bridgehead atoms. The van der Waals surface area contributed by atoms with Crippen LogP contribution in [0.3, 0.4) is 0 Å². The van der Waals surface area contributed by atoms with Crippen LogP contribution in [0.1, 0.15) is 6.92 Å². The highest BCUT2D eigenvalue weighted by Crippen LogP contribution is 2.21. The predicted octanol–water partition coefficient (Wildman–Crippen LogP) is 2.42. The van der Waals surface area contributed by atoms with Gasteiger partial charge in [0, 0.05) is 5.70 Å². The zero-order chi connectivity index (χ0) is 5.98. The van der Waals surface area contributed by atoms with Crippen molar-refractivity contribution < 1.29 is 0 Å².